The van der Waals surface area contributed by atoms with Gasteiger partial charge in [-0.2, -0.15) is 0 Å². The van der Waals surface area contributed by atoms with Crippen molar-refractivity contribution < 1.29 is 13.5 Å². The Balaban J connectivity index is 2.62. The average Bonchev–Trinajstić information content (AvgIpc) is 2.37. The molecule has 0 saturated heterocycles. The van der Waals surface area contributed by atoms with Crippen LogP contribution in [0.5, 0.6) is 5.75 Å². The largest absolute Gasteiger partial charge is 0.496 e. The lowest BCUT2D eigenvalue weighted by Crippen LogP contribution is -2.18. The first-order valence-electron chi connectivity index (χ1n) is 6.30. The van der Waals surface area contributed by atoms with Crippen LogP contribution in [0.1, 0.15) is 28.3 Å². The molecular formula is C16H17F2NO. The quantitative estimate of drug-likeness (QED) is 0.929. The van der Waals surface area contributed by atoms with Crippen LogP contribution in [0, 0.1) is 25.5 Å². The third-order valence-electron chi connectivity index (χ3n) is 3.33. The molecule has 0 amide bonds. The van der Waals surface area contributed by atoms with Crippen LogP contribution < -0.4 is 10.5 Å². The number of methoxy groups -OCH3 is 1. The Labute approximate surface area is 117 Å². The van der Waals surface area contributed by atoms with Gasteiger partial charge >= 0.3 is 0 Å². The van der Waals surface area contributed by atoms with Crippen LogP contribution in [0.2, 0.25) is 0 Å². The molecule has 0 radical (unpaired) electrons. The lowest BCUT2D eigenvalue weighted by Gasteiger charge is -2.20. The fourth-order valence-corrected chi connectivity index (χ4v) is 2.46. The van der Waals surface area contributed by atoms with Crippen LogP contribution in [-0.2, 0) is 0 Å². The number of nitrogens with two attached hydrogens (primary N) is 1. The Kier molecular flexibility index (Phi) is 4.04. The van der Waals surface area contributed by atoms with Gasteiger partial charge in [0.05, 0.1) is 13.2 Å². The Bertz CT molecular complexity index is 620. The first kappa shape index (κ1) is 14.5. The van der Waals surface area contributed by atoms with E-state index in [0.717, 1.165) is 11.1 Å². The lowest BCUT2D eigenvalue weighted by molar-refractivity contribution is 0.405. The molecule has 0 fully saturated rings. The minimum Gasteiger partial charge on any atom is -0.496 e. The lowest BCUT2D eigenvalue weighted by atomic mass is 9.93. The summed E-state index contributed by atoms with van der Waals surface area (Å²) in [4.78, 5) is 0. The van der Waals surface area contributed by atoms with Gasteiger partial charge in [0.25, 0.3) is 0 Å². The summed E-state index contributed by atoms with van der Waals surface area (Å²) in [6.45, 7) is 3.78. The number of hydrogen-bond acceptors (Lipinski definition) is 2. The minimum atomic E-state index is -0.910. The van der Waals surface area contributed by atoms with Gasteiger partial charge in [0.1, 0.15) is 17.4 Å². The number of aryl methyl sites for hydroxylation is 2. The first-order chi connectivity index (χ1) is 9.45. The van der Waals surface area contributed by atoms with Gasteiger partial charge in [-0.25, -0.2) is 8.78 Å². The van der Waals surface area contributed by atoms with Crippen molar-refractivity contribution in [3.05, 3.63) is 64.2 Å². The summed E-state index contributed by atoms with van der Waals surface area (Å²) < 4.78 is 33.0. The highest BCUT2D eigenvalue weighted by Gasteiger charge is 2.23. The van der Waals surface area contributed by atoms with E-state index in [1.165, 1.54) is 25.3 Å². The molecule has 1 atom stereocenters. The highest BCUT2D eigenvalue weighted by molar-refractivity contribution is 5.48. The highest BCUT2D eigenvalue weighted by atomic mass is 19.1. The van der Waals surface area contributed by atoms with Crippen LogP contribution in [0.3, 0.4) is 0 Å². The summed E-state index contributed by atoms with van der Waals surface area (Å²) in [6.07, 6.45) is 0. The predicted molar refractivity (Wildman–Crippen MR) is 74.9 cm³/mol. The standard InChI is InChI=1S/C16H17F2NO/c1-9-7-10(2)14(13(8-9)20-3)16(19)15-11(17)5-4-6-12(15)18/h4-8,16H,19H2,1-3H3. The van der Waals surface area contributed by atoms with Crippen molar-refractivity contribution in [2.24, 2.45) is 5.73 Å². The van der Waals surface area contributed by atoms with Gasteiger partial charge in [-0.1, -0.05) is 12.1 Å². The zero-order valence-corrected chi connectivity index (χ0v) is 11.7. The van der Waals surface area contributed by atoms with E-state index in [0.29, 0.717) is 11.3 Å². The van der Waals surface area contributed by atoms with Crippen molar-refractivity contribution in [3.63, 3.8) is 0 Å². The minimum absolute atomic E-state index is 0.141. The fourth-order valence-electron chi connectivity index (χ4n) is 2.46. The molecular weight excluding hydrogens is 260 g/mol. The van der Waals surface area contributed by atoms with Gasteiger partial charge in [-0.3, -0.25) is 0 Å². The topological polar surface area (TPSA) is 35.2 Å². The summed E-state index contributed by atoms with van der Waals surface area (Å²) in [7, 11) is 1.52. The zero-order valence-electron chi connectivity index (χ0n) is 11.7. The monoisotopic (exact) mass is 277 g/mol. The smallest absolute Gasteiger partial charge is 0.131 e. The number of hydrogen-bond donors (Lipinski definition) is 1. The van der Waals surface area contributed by atoms with Crippen LogP contribution >= 0.6 is 0 Å². The summed E-state index contributed by atoms with van der Waals surface area (Å²) in [5, 5.41) is 0. The van der Waals surface area contributed by atoms with E-state index >= 15 is 0 Å². The maximum atomic E-state index is 13.9. The number of ether oxygens (including phenoxy) is 1. The molecule has 20 heavy (non-hydrogen) atoms. The van der Waals surface area contributed by atoms with E-state index in [1.54, 1.807) is 6.07 Å². The molecule has 2 rings (SSSR count). The van der Waals surface area contributed by atoms with E-state index in [1.807, 2.05) is 19.9 Å². The van der Waals surface area contributed by atoms with Gasteiger partial charge in [0.2, 0.25) is 0 Å². The van der Waals surface area contributed by atoms with E-state index in [9.17, 15) is 8.78 Å². The molecule has 0 bridgehead atoms. The molecule has 0 spiro atoms. The van der Waals surface area contributed by atoms with E-state index < -0.39 is 17.7 Å². The Morgan fingerprint density at radius 3 is 2.20 bits per heavy atom. The molecule has 106 valence electrons. The van der Waals surface area contributed by atoms with Crippen LogP contribution in [-0.4, -0.2) is 7.11 Å². The van der Waals surface area contributed by atoms with Gasteiger partial charge in [0, 0.05) is 11.1 Å². The third-order valence-corrected chi connectivity index (χ3v) is 3.33. The predicted octanol–water partition coefficient (Wildman–Crippen LogP) is 3.64. The first-order valence-corrected chi connectivity index (χ1v) is 6.30. The van der Waals surface area contributed by atoms with Crippen molar-refractivity contribution >= 4 is 0 Å². The molecule has 2 N–H and O–H groups in total. The molecule has 0 aliphatic carbocycles. The Morgan fingerprint density at radius 2 is 1.65 bits per heavy atom. The van der Waals surface area contributed by atoms with E-state index in [2.05, 4.69) is 0 Å². The molecule has 2 aromatic carbocycles. The molecule has 1 unspecified atom stereocenters. The maximum absolute atomic E-state index is 13.9. The van der Waals surface area contributed by atoms with Crippen molar-refractivity contribution in [1.29, 1.82) is 0 Å². The summed E-state index contributed by atoms with van der Waals surface area (Å²) in [6, 6.07) is 6.53. The third kappa shape index (κ3) is 2.51. The SMILES string of the molecule is COc1cc(C)cc(C)c1C(N)c1c(F)cccc1F. The molecule has 0 saturated carbocycles. The summed E-state index contributed by atoms with van der Waals surface area (Å²) >= 11 is 0. The van der Waals surface area contributed by atoms with Crippen LogP contribution in [0.15, 0.2) is 30.3 Å². The second-order valence-electron chi connectivity index (χ2n) is 4.81. The Morgan fingerprint density at radius 1 is 1.05 bits per heavy atom. The number of benzene rings is 2. The fraction of sp³-hybridized carbons (Fsp3) is 0.250. The molecule has 0 heterocycles. The maximum Gasteiger partial charge on any atom is 0.131 e. The van der Waals surface area contributed by atoms with Crippen molar-refractivity contribution in [1.82, 2.24) is 0 Å². The second-order valence-corrected chi connectivity index (χ2v) is 4.81. The van der Waals surface area contributed by atoms with Gasteiger partial charge in [0.15, 0.2) is 0 Å². The second kappa shape index (κ2) is 5.59. The Hall–Kier alpha value is -1.94. The molecule has 0 aliphatic heterocycles. The molecule has 4 heteroatoms. The normalized spacial score (nSPS) is 12.3. The van der Waals surface area contributed by atoms with Gasteiger partial charge in [-0.15, -0.1) is 0 Å². The van der Waals surface area contributed by atoms with Crippen LogP contribution in [0.25, 0.3) is 0 Å². The number of halogens is 2. The van der Waals surface area contributed by atoms with E-state index in [4.69, 9.17) is 10.5 Å². The zero-order chi connectivity index (χ0) is 14.9. The van der Waals surface area contributed by atoms with Crippen molar-refractivity contribution in [2.75, 3.05) is 7.11 Å². The number of rotatable bonds is 3. The molecule has 0 aliphatic rings. The van der Waals surface area contributed by atoms with Gasteiger partial charge < -0.3 is 10.5 Å². The van der Waals surface area contributed by atoms with Crippen molar-refractivity contribution in [2.45, 2.75) is 19.9 Å². The molecule has 0 aromatic heterocycles. The summed E-state index contributed by atoms with van der Waals surface area (Å²) in [5.41, 5.74) is 8.39. The molecule has 2 nitrogen and oxygen atoms in total. The molecule has 2 aromatic rings. The van der Waals surface area contributed by atoms with Crippen molar-refractivity contribution in [3.8, 4) is 5.75 Å². The van der Waals surface area contributed by atoms with Crippen LogP contribution in [0.4, 0.5) is 8.78 Å². The average molecular weight is 277 g/mol. The van der Waals surface area contributed by atoms with E-state index in [-0.39, 0.29) is 5.56 Å². The summed E-state index contributed by atoms with van der Waals surface area (Å²) in [5.74, 6) is -0.767. The van der Waals surface area contributed by atoms with Gasteiger partial charge in [-0.05, 0) is 43.2 Å². The highest BCUT2D eigenvalue weighted by Crippen LogP contribution is 2.34.